The van der Waals surface area contributed by atoms with Crippen molar-refractivity contribution < 1.29 is 9.53 Å². The largest absolute Gasteiger partial charge is 0.493 e. The van der Waals surface area contributed by atoms with E-state index in [0.717, 1.165) is 53.6 Å². The van der Waals surface area contributed by atoms with Crippen LogP contribution >= 0.6 is 11.3 Å². The van der Waals surface area contributed by atoms with Gasteiger partial charge in [-0.3, -0.25) is 9.69 Å². The standard InChI is InChI=1S/C25H23N5O2S/c31-25(23-22(26-8-9-27-23)24-28-19-3-1-2-4-21(19)33-24)30-12-10-29(11-13-30)16-17-5-6-20-18(15-17)7-14-32-20/h1-6,8-9,15H,7,10-14,16H2. The van der Waals surface area contributed by atoms with Gasteiger partial charge in [-0.1, -0.05) is 24.3 Å². The number of benzene rings is 2. The maximum Gasteiger partial charge on any atom is 0.274 e. The lowest BCUT2D eigenvalue weighted by atomic mass is 10.1. The van der Waals surface area contributed by atoms with Crippen LogP contribution in [0.5, 0.6) is 5.75 Å². The van der Waals surface area contributed by atoms with E-state index in [1.807, 2.05) is 29.2 Å². The molecule has 0 atom stereocenters. The van der Waals surface area contributed by atoms with Crippen molar-refractivity contribution in [3.8, 4) is 16.5 Å². The Morgan fingerprint density at radius 1 is 1.03 bits per heavy atom. The number of aromatic nitrogens is 3. The molecule has 2 aliphatic rings. The predicted molar refractivity (Wildman–Crippen MR) is 127 cm³/mol. The molecule has 1 fully saturated rings. The van der Waals surface area contributed by atoms with Crippen molar-refractivity contribution in [2.75, 3.05) is 32.8 Å². The van der Waals surface area contributed by atoms with Crippen LogP contribution in [0.2, 0.25) is 0 Å². The molecule has 0 radical (unpaired) electrons. The lowest BCUT2D eigenvalue weighted by Gasteiger charge is -2.34. The van der Waals surface area contributed by atoms with Crippen LogP contribution in [-0.4, -0.2) is 63.4 Å². The molecule has 0 bridgehead atoms. The number of para-hydroxylation sites is 1. The van der Waals surface area contributed by atoms with Crippen molar-refractivity contribution in [3.63, 3.8) is 0 Å². The molecule has 2 aromatic heterocycles. The molecule has 4 aromatic rings. The molecular formula is C25H23N5O2S. The maximum atomic E-state index is 13.4. The fraction of sp³-hybridized carbons (Fsp3) is 0.280. The van der Waals surface area contributed by atoms with Gasteiger partial charge in [-0.25, -0.2) is 15.0 Å². The summed E-state index contributed by atoms with van der Waals surface area (Å²) in [4.78, 5) is 31.2. The first-order valence-corrected chi connectivity index (χ1v) is 12.0. The second kappa shape index (κ2) is 8.53. The Hall–Kier alpha value is -3.36. The highest BCUT2D eigenvalue weighted by molar-refractivity contribution is 7.21. The number of fused-ring (bicyclic) bond motifs is 2. The minimum Gasteiger partial charge on any atom is -0.493 e. The van der Waals surface area contributed by atoms with E-state index in [2.05, 4.69) is 38.1 Å². The molecule has 2 aromatic carbocycles. The number of hydrogen-bond donors (Lipinski definition) is 0. The van der Waals surface area contributed by atoms with E-state index < -0.39 is 0 Å². The lowest BCUT2D eigenvalue weighted by Crippen LogP contribution is -2.48. The molecule has 1 amide bonds. The van der Waals surface area contributed by atoms with Gasteiger partial charge in [0.2, 0.25) is 0 Å². The zero-order chi connectivity index (χ0) is 22.2. The van der Waals surface area contributed by atoms with Gasteiger partial charge in [0.1, 0.15) is 16.5 Å². The third-order valence-electron chi connectivity index (χ3n) is 6.22. The third kappa shape index (κ3) is 3.96. The lowest BCUT2D eigenvalue weighted by molar-refractivity contribution is 0.0623. The summed E-state index contributed by atoms with van der Waals surface area (Å²) in [6.07, 6.45) is 4.19. The summed E-state index contributed by atoms with van der Waals surface area (Å²) in [5.41, 5.74) is 4.45. The number of rotatable bonds is 4. The summed E-state index contributed by atoms with van der Waals surface area (Å²) >= 11 is 1.54. The van der Waals surface area contributed by atoms with E-state index >= 15 is 0 Å². The van der Waals surface area contributed by atoms with Crippen LogP contribution in [-0.2, 0) is 13.0 Å². The average Bonchev–Trinajstić information content (AvgIpc) is 3.51. The second-order valence-corrected chi connectivity index (χ2v) is 9.38. The van der Waals surface area contributed by atoms with Gasteiger partial charge in [-0.05, 0) is 29.3 Å². The zero-order valence-electron chi connectivity index (χ0n) is 18.1. The highest BCUT2D eigenvalue weighted by Crippen LogP contribution is 2.31. The predicted octanol–water partition coefficient (Wildman–Crippen LogP) is 3.65. The summed E-state index contributed by atoms with van der Waals surface area (Å²) in [5, 5.41) is 0.729. The topological polar surface area (TPSA) is 71.5 Å². The van der Waals surface area contributed by atoms with Gasteiger partial charge in [0.15, 0.2) is 5.69 Å². The normalized spacial score (nSPS) is 16.1. The van der Waals surface area contributed by atoms with E-state index in [-0.39, 0.29) is 5.91 Å². The number of thiazole rings is 1. The monoisotopic (exact) mass is 457 g/mol. The van der Waals surface area contributed by atoms with E-state index in [0.29, 0.717) is 24.5 Å². The number of carbonyl (C=O) groups excluding carboxylic acids is 1. The second-order valence-electron chi connectivity index (χ2n) is 8.35. The first-order chi connectivity index (χ1) is 16.2. The van der Waals surface area contributed by atoms with Crippen molar-refractivity contribution in [2.24, 2.45) is 0 Å². The molecule has 0 N–H and O–H groups in total. The highest BCUT2D eigenvalue weighted by Gasteiger charge is 2.27. The number of carbonyl (C=O) groups is 1. The third-order valence-corrected chi connectivity index (χ3v) is 7.26. The van der Waals surface area contributed by atoms with Crippen molar-refractivity contribution in [1.82, 2.24) is 24.8 Å². The molecule has 0 spiro atoms. The summed E-state index contributed by atoms with van der Waals surface area (Å²) < 4.78 is 6.68. The Bertz CT molecular complexity index is 1300. The van der Waals surface area contributed by atoms with E-state index in [4.69, 9.17) is 4.74 Å². The average molecular weight is 458 g/mol. The zero-order valence-corrected chi connectivity index (χ0v) is 18.9. The minimum atomic E-state index is -0.0771. The molecule has 7 nitrogen and oxygen atoms in total. The molecule has 6 rings (SSSR count). The van der Waals surface area contributed by atoms with Crippen molar-refractivity contribution in [2.45, 2.75) is 13.0 Å². The van der Waals surface area contributed by atoms with Gasteiger partial charge in [0.05, 0.1) is 16.8 Å². The number of nitrogens with zero attached hydrogens (tertiary/aromatic N) is 5. The van der Waals surface area contributed by atoms with E-state index in [9.17, 15) is 4.79 Å². The van der Waals surface area contributed by atoms with Crippen LogP contribution in [0.15, 0.2) is 54.9 Å². The van der Waals surface area contributed by atoms with Crippen LogP contribution in [0.1, 0.15) is 21.6 Å². The van der Waals surface area contributed by atoms with Gasteiger partial charge >= 0.3 is 0 Å². The minimum absolute atomic E-state index is 0.0771. The van der Waals surface area contributed by atoms with Crippen molar-refractivity contribution in [1.29, 1.82) is 0 Å². The molecule has 8 heteroatoms. The van der Waals surface area contributed by atoms with Gasteiger partial charge in [0, 0.05) is 51.5 Å². The Morgan fingerprint density at radius 3 is 2.76 bits per heavy atom. The number of amides is 1. The van der Waals surface area contributed by atoms with E-state index in [1.165, 1.54) is 22.5 Å². The molecule has 166 valence electrons. The number of ether oxygens (including phenoxy) is 1. The van der Waals surface area contributed by atoms with Gasteiger partial charge in [0.25, 0.3) is 5.91 Å². The first kappa shape index (κ1) is 20.3. The van der Waals surface area contributed by atoms with Crippen LogP contribution in [0.3, 0.4) is 0 Å². The first-order valence-electron chi connectivity index (χ1n) is 11.2. The maximum absolute atomic E-state index is 13.4. The fourth-order valence-electron chi connectivity index (χ4n) is 4.48. The van der Waals surface area contributed by atoms with Crippen LogP contribution in [0, 0.1) is 0 Å². The van der Waals surface area contributed by atoms with Crippen molar-refractivity contribution >= 4 is 27.5 Å². The van der Waals surface area contributed by atoms with E-state index in [1.54, 1.807) is 12.4 Å². The molecule has 2 aliphatic heterocycles. The molecule has 0 aliphatic carbocycles. The Balaban J connectivity index is 1.15. The quantitative estimate of drug-likeness (QED) is 0.466. The number of piperazine rings is 1. The molecule has 1 saturated heterocycles. The summed E-state index contributed by atoms with van der Waals surface area (Å²) in [5.74, 6) is 0.939. The fourth-order valence-corrected chi connectivity index (χ4v) is 5.44. The Kier molecular flexibility index (Phi) is 5.24. The Labute approximate surface area is 195 Å². The molecular weight excluding hydrogens is 434 g/mol. The highest BCUT2D eigenvalue weighted by atomic mass is 32.1. The van der Waals surface area contributed by atoms with Crippen LogP contribution in [0.4, 0.5) is 0 Å². The summed E-state index contributed by atoms with van der Waals surface area (Å²) in [6, 6.07) is 14.4. The van der Waals surface area contributed by atoms with Crippen LogP contribution < -0.4 is 4.74 Å². The summed E-state index contributed by atoms with van der Waals surface area (Å²) in [7, 11) is 0. The van der Waals surface area contributed by atoms with Gasteiger partial charge in [-0.2, -0.15) is 0 Å². The SMILES string of the molecule is O=C(c1nccnc1-c1nc2ccccc2s1)N1CCN(Cc2ccc3c(c2)CCO3)CC1. The molecule has 4 heterocycles. The molecule has 0 unspecified atom stereocenters. The number of hydrogen-bond acceptors (Lipinski definition) is 7. The Morgan fingerprint density at radius 2 is 1.88 bits per heavy atom. The molecule has 33 heavy (non-hydrogen) atoms. The van der Waals surface area contributed by atoms with Gasteiger partial charge in [-0.15, -0.1) is 11.3 Å². The smallest absolute Gasteiger partial charge is 0.274 e. The summed E-state index contributed by atoms with van der Waals surface area (Å²) in [6.45, 7) is 4.66. The molecule has 0 saturated carbocycles. The van der Waals surface area contributed by atoms with Gasteiger partial charge < -0.3 is 9.64 Å². The van der Waals surface area contributed by atoms with Crippen LogP contribution in [0.25, 0.3) is 20.9 Å². The van der Waals surface area contributed by atoms with Crippen molar-refractivity contribution in [3.05, 3.63) is 71.7 Å².